The van der Waals surface area contributed by atoms with Crippen LogP contribution < -0.4 is 0 Å². The topological polar surface area (TPSA) is 78.9 Å². The first-order valence-electron chi connectivity index (χ1n) is 34.7. The van der Waals surface area contributed by atoms with Crippen molar-refractivity contribution in [2.45, 2.75) is 322 Å². The first-order valence-corrected chi connectivity index (χ1v) is 34.7. The van der Waals surface area contributed by atoms with E-state index in [-0.39, 0.29) is 31.6 Å². The molecule has 0 heterocycles. The van der Waals surface area contributed by atoms with E-state index in [4.69, 9.17) is 14.2 Å². The highest BCUT2D eigenvalue weighted by atomic mass is 16.6. The number of hydrogen-bond acceptors (Lipinski definition) is 6. The Morgan fingerprint density at radius 1 is 0.253 bits per heavy atom. The molecule has 0 fully saturated rings. The highest BCUT2D eigenvalue weighted by molar-refractivity contribution is 5.71. The van der Waals surface area contributed by atoms with Gasteiger partial charge in [0.1, 0.15) is 13.2 Å². The van der Waals surface area contributed by atoms with E-state index in [2.05, 4.69) is 148 Å². The van der Waals surface area contributed by atoms with Crippen molar-refractivity contribution in [3.05, 3.63) is 134 Å². The summed E-state index contributed by atoms with van der Waals surface area (Å²) in [6, 6.07) is 0. The first-order chi connectivity index (χ1) is 41.0. The van der Waals surface area contributed by atoms with Gasteiger partial charge in [-0.15, -0.1) is 0 Å². The molecule has 0 amide bonds. The number of allylic oxidation sites excluding steroid dienone is 22. The van der Waals surface area contributed by atoms with Crippen molar-refractivity contribution in [2.24, 2.45) is 0 Å². The van der Waals surface area contributed by atoms with E-state index < -0.39 is 12.1 Å². The minimum Gasteiger partial charge on any atom is -0.462 e. The van der Waals surface area contributed by atoms with Crippen molar-refractivity contribution in [1.82, 2.24) is 0 Å². The molecule has 0 aromatic rings. The molecule has 1 unspecified atom stereocenters. The third-order valence-electron chi connectivity index (χ3n) is 14.6. The van der Waals surface area contributed by atoms with Gasteiger partial charge in [0, 0.05) is 19.3 Å². The first kappa shape index (κ1) is 78.5. The largest absolute Gasteiger partial charge is 0.462 e. The van der Waals surface area contributed by atoms with Crippen molar-refractivity contribution in [3.8, 4) is 0 Å². The summed E-state index contributed by atoms with van der Waals surface area (Å²) in [4.78, 5) is 38.4. The fourth-order valence-corrected chi connectivity index (χ4v) is 9.45. The number of hydrogen-bond donors (Lipinski definition) is 0. The predicted molar refractivity (Wildman–Crippen MR) is 362 cm³/mol. The molecule has 0 bridgehead atoms. The number of carbonyl (C=O) groups is 3. The molecule has 0 aliphatic carbocycles. The van der Waals surface area contributed by atoms with Gasteiger partial charge in [0.15, 0.2) is 6.10 Å². The van der Waals surface area contributed by atoms with Crippen LogP contribution in [0.15, 0.2) is 134 Å². The minimum atomic E-state index is -0.828. The SMILES string of the molecule is CC/C=C\C/C=C\C/C=C\C/C=C\C/C=C\C/C=C\CCC(=O)OC(COC(=O)CCCCCCCCCCC/C=C\C/C=C\CCCCC)COC(=O)CCCCCCCCCCCCCC/C=C\C/C=C\C/C=C\CCCCCCC. The molecule has 6 heteroatoms. The zero-order chi connectivity index (χ0) is 59.9. The van der Waals surface area contributed by atoms with Gasteiger partial charge < -0.3 is 14.2 Å². The fraction of sp³-hybridized carbons (Fsp3) is 0.675. The molecule has 0 saturated heterocycles. The number of rotatable bonds is 62. The van der Waals surface area contributed by atoms with Crippen molar-refractivity contribution in [2.75, 3.05) is 13.2 Å². The average Bonchev–Trinajstić information content (AvgIpc) is 3.50. The molecule has 0 aromatic carbocycles. The summed E-state index contributed by atoms with van der Waals surface area (Å²) < 4.78 is 16.9. The molecule has 472 valence electrons. The molecule has 0 radical (unpaired) electrons. The Labute approximate surface area is 513 Å². The Bertz CT molecular complexity index is 1750. The summed E-state index contributed by atoms with van der Waals surface area (Å²) in [6.45, 7) is 6.45. The summed E-state index contributed by atoms with van der Waals surface area (Å²) in [5, 5.41) is 0. The Kier molecular flexibility index (Phi) is 66.3. The molecule has 0 rings (SSSR count). The molecule has 6 nitrogen and oxygen atoms in total. The van der Waals surface area contributed by atoms with Crippen LogP contribution in [0.2, 0.25) is 0 Å². The van der Waals surface area contributed by atoms with Crippen LogP contribution in [-0.4, -0.2) is 37.2 Å². The number of ether oxygens (including phenoxy) is 3. The maximum Gasteiger partial charge on any atom is 0.306 e. The Morgan fingerprint density at radius 2 is 0.494 bits per heavy atom. The highest BCUT2D eigenvalue weighted by Crippen LogP contribution is 2.16. The second kappa shape index (κ2) is 70.0. The Hall–Kier alpha value is -4.45. The molecule has 0 aliphatic rings. The third-order valence-corrected chi connectivity index (χ3v) is 14.6. The maximum absolute atomic E-state index is 12.9. The fourth-order valence-electron chi connectivity index (χ4n) is 9.45. The van der Waals surface area contributed by atoms with E-state index in [9.17, 15) is 14.4 Å². The molecule has 0 aliphatic heterocycles. The van der Waals surface area contributed by atoms with Gasteiger partial charge >= 0.3 is 17.9 Å². The van der Waals surface area contributed by atoms with E-state index in [1.165, 1.54) is 173 Å². The lowest BCUT2D eigenvalue weighted by molar-refractivity contribution is -0.166. The van der Waals surface area contributed by atoms with Gasteiger partial charge in [-0.05, 0) is 128 Å². The molecular weight excluding hydrogens is 1020 g/mol. The van der Waals surface area contributed by atoms with E-state index in [0.717, 1.165) is 96.3 Å². The van der Waals surface area contributed by atoms with Crippen LogP contribution in [0.3, 0.4) is 0 Å². The smallest absolute Gasteiger partial charge is 0.306 e. The zero-order valence-corrected chi connectivity index (χ0v) is 54.2. The molecule has 1 atom stereocenters. The van der Waals surface area contributed by atoms with Crippen LogP contribution in [0.5, 0.6) is 0 Å². The van der Waals surface area contributed by atoms with E-state index >= 15 is 0 Å². The van der Waals surface area contributed by atoms with Crippen LogP contribution in [0.1, 0.15) is 316 Å². The zero-order valence-electron chi connectivity index (χ0n) is 54.2. The maximum atomic E-state index is 12.9. The van der Waals surface area contributed by atoms with Gasteiger partial charge in [-0.1, -0.05) is 302 Å². The van der Waals surface area contributed by atoms with Gasteiger partial charge in [-0.25, -0.2) is 0 Å². The van der Waals surface area contributed by atoms with Crippen LogP contribution in [-0.2, 0) is 28.6 Å². The van der Waals surface area contributed by atoms with E-state index in [0.29, 0.717) is 19.3 Å². The Morgan fingerprint density at radius 3 is 0.807 bits per heavy atom. The Balaban J connectivity index is 4.44. The summed E-state index contributed by atoms with van der Waals surface area (Å²) in [7, 11) is 0. The van der Waals surface area contributed by atoms with Gasteiger partial charge in [-0.3, -0.25) is 14.4 Å². The lowest BCUT2D eigenvalue weighted by Crippen LogP contribution is -2.30. The van der Waals surface area contributed by atoms with Gasteiger partial charge in [0.25, 0.3) is 0 Å². The van der Waals surface area contributed by atoms with Crippen molar-refractivity contribution in [3.63, 3.8) is 0 Å². The minimum absolute atomic E-state index is 0.113. The molecule has 0 aromatic heterocycles. The van der Waals surface area contributed by atoms with Crippen LogP contribution in [0.4, 0.5) is 0 Å². The lowest BCUT2D eigenvalue weighted by atomic mass is 10.0. The summed E-state index contributed by atoms with van der Waals surface area (Å²) in [6.07, 6.45) is 99.1. The lowest BCUT2D eigenvalue weighted by Gasteiger charge is -2.18. The van der Waals surface area contributed by atoms with Crippen molar-refractivity contribution >= 4 is 17.9 Å². The summed E-state index contributed by atoms with van der Waals surface area (Å²) >= 11 is 0. The second-order valence-corrected chi connectivity index (χ2v) is 22.7. The number of carbonyl (C=O) groups excluding carboxylic acids is 3. The standard InChI is InChI=1S/C77H128O6/c1-4-7-10-13-16-19-22-25-28-31-34-35-36-37-38-39-40-41-44-46-49-52-55-58-61-64-67-70-76(79)82-73-74(83-77(80)71-68-65-62-59-56-53-50-47-43-33-30-27-24-21-18-15-12-9-6-3)72-81-75(78)69-66-63-60-57-54-51-48-45-42-32-29-26-23-20-17-14-11-8-5-2/h9,12,17-18,20-22,25-27,29-31,34,36-37,43,47,53,56,62,65,74H,4-8,10-11,13-16,19,23-24,28,32-33,35,38-42,44-46,48-52,54-55,57-61,63-64,66-73H2,1-3H3/b12-9-,20-17-,21-18-,25-22-,29-26-,30-27-,34-31-,37-36-,47-43-,56-53-,65-62-. The number of esters is 3. The third kappa shape index (κ3) is 68.2. The van der Waals surface area contributed by atoms with E-state index in [1.807, 2.05) is 6.08 Å². The van der Waals surface area contributed by atoms with Crippen molar-refractivity contribution in [1.29, 1.82) is 0 Å². The van der Waals surface area contributed by atoms with Crippen LogP contribution in [0.25, 0.3) is 0 Å². The van der Waals surface area contributed by atoms with Gasteiger partial charge in [-0.2, -0.15) is 0 Å². The van der Waals surface area contributed by atoms with Gasteiger partial charge in [0.2, 0.25) is 0 Å². The molecule has 83 heavy (non-hydrogen) atoms. The second-order valence-electron chi connectivity index (χ2n) is 22.7. The van der Waals surface area contributed by atoms with Gasteiger partial charge in [0.05, 0.1) is 0 Å². The molecule has 0 saturated carbocycles. The highest BCUT2D eigenvalue weighted by Gasteiger charge is 2.19. The monoisotopic (exact) mass is 1150 g/mol. The van der Waals surface area contributed by atoms with Crippen LogP contribution >= 0.6 is 0 Å². The predicted octanol–water partition coefficient (Wildman–Crippen LogP) is 24.1. The van der Waals surface area contributed by atoms with E-state index in [1.54, 1.807) is 0 Å². The molecule has 0 spiro atoms. The summed E-state index contributed by atoms with van der Waals surface area (Å²) in [5.41, 5.74) is 0. The molecular formula is C77H128O6. The number of unbranched alkanes of at least 4 members (excludes halogenated alkanes) is 29. The average molecular weight is 1150 g/mol. The van der Waals surface area contributed by atoms with Crippen LogP contribution in [0, 0.1) is 0 Å². The summed E-state index contributed by atoms with van der Waals surface area (Å²) in [5.74, 6) is -0.997. The quantitative estimate of drug-likeness (QED) is 0.0261. The van der Waals surface area contributed by atoms with Crippen molar-refractivity contribution < 1.29 is 28.6 Å². The molecule has 0 N–H and O–H groups in total. The normalized spacial score (nSPS) is 13.0.